The second kappa shape index (κ2) is 3.53. The van der Waals surface area contributed by atoms with Crippen molar-refractivity contribution in [3.63, 3.8) is 0 Å². The summed E-state index contributed by atoms with van der Waals surface area (Å²) in [6.45, 7) is -0.00495. The van der Waals surface area contributed by atoms with Crippen LogP contribution in [0.25, 0.3) is 0 Å². The van der Waals surface area contributed by atoms with E-state index in [4.69, 9.17) is 5.11 Å². The number of imide groups is 1. The third kappa shape index (κ3) is 1.26. The number of β-amino-alcohol motifs (C(OH)–C–C–N with tert-alkyl or cyclic N) is 1. The number of carbonyl (C=O) groups is 2. The molecule has 0 aromatic carbocycles. The Bertz CT molecular complexity index is 272. The quantitative estimate of drug-likeness (QED) is 0.495. The number of allylic oxidation sites excluding steroid dienone is 2. The van der Waals surface area contributed by atoms with Gasteiger partial charge in [0.25, 0.3) is 0 Å². The Hall–Kier alpha value is -1.16. The summed E-state index contributed by atoms with van der Waals surface area (Å²) < 4.78 is 0. The number of nitrogens with zero attached hydrogens (tertiary/aromatic N) is 1. The molecule has 2 rings (SSSR count). The van der Waals surface area contributed by atoms with Crippen molar-refractivity contribution in [3.8, 4) is 0 Å². The van der Waals surface area contributed by atoms with Gasteiger partial charge in [0.1, 0.15) is 0 Å². The first kappa shape index (κ1) is 9.40. The molecule has 1 aliphatic heterocycles. The van der Waals surface area contributed by atoms with Crippen molar-refractivity contribution in [1.82, 2.24) is 4.90 Å². The maximum atomic E-state index is 11.7. The molecule has 1 heterocycles. The molecule has 0 aromatic heterocycles. The van der Waals surface area contributed by atoms with Crippen LogP contribution in [0.2, 0.25) is 0 Å². The second-order valence-corrected chi connectivity index (χ2v) is 3.71. The third-order valence-electron chi connectivity index (χ3n) is 2.92. The first-order valence-corrected chi connectivity index (χ1v) is 4.86. The Morgan fingerprint density at radius 1 is 1.21 bits per heavy atom. The molecule has 2 aliphatic rings. The maximum Gasteiger partial charge on any atom is 0.233 e. The monoisotopic (exact) mass is 195 g/mol. The highest BCUT2D eigenvalue weighted by Crippen LogP contribution is 2.34. The van der Waals surface area contributed by atoms with Gasteiger partial charge in [0.2, 0.25) is 11.8 Å². The number of hydrogen-bond donors (Lipinski definition) is 1. The van der Waals surface area contributed by atoms with Crippen molar-refractivity contribution in [2.75, 3.05) is 13.2 Å². The lowest BCUT2D eigenvalue weighted by Crippen LogP contribution is -2.33. The third-order valence-corrected chi connectivity index (χ3v) is 2.92. The highest BCUT2D eigenvalue weighted by Gasteiger charge is 2.46. The van der Waals surface area contributed by atoms with Crippen molar-refractivity contribution in [3.05, 3.63) is 12.2 Å². The van der Waals surface area contributed by atoms with E-state index in [9.17, 15) is 9.59 Å². The van der Waals surface area contributed by atoms with Crippen LogP contribution in [-0.2, 0) is 9.59 Å². The van der Waals surface area contributed by atoms with E-state index in [1.54, 1.807) is 0 Å². The number of likely N-dealkylation sites (tertiary alicyclic amines) is 1. The SMILES string of the molecule is O=C1[C@H]2CC=CC[C@H]2C(=O)N1CCO. The standard InChI is InChI=1S/C10H13NO3/c12-6-5-11-9(13)7-3-1-2-4-8(7)10(11)14/h1-2,7-8,12H,3-6H2/t7-,8+. The van der Waals surface area contributed by atoms with E-state index in [-0.39, 0.29) is 36.8 Å². The molecule has 76 valence electrons. The predicted molar refractivity (Wildman–Crippen MR) is 49.2 cm³/mol. The molecule has 1 fully saturated rings. The lowest BCUT2D eigenvalue weighted by Gasteiger charge is -2.14. The summed E-state index contributed by atoms with van der Waals surface area (Å²) in [6.07, 6.45) is 5.23. The second-order valence-electron chi connectivity index (χ2n) is 3.71. The van der Waals surface area contributed by atoms with E-state index in [0.29, 0.717) is 12.8 Å². The van der Waals surface area contributed by atoms with Gasteiger partial charge in [-0.2, -0.15) is 0 Å². The minimum Gasteiger partial charge on any atom is -0.395 e. The fourth-order valence-electron chi connectivity index (χ4n) is 2.19. The fraction of sp³-hybridized carbons (Fsp3) is 0.600. The molecule has 0 unspecified atom stereocenters. The molecular weight excluding hydrogens is 182 g/mol. The summed E-state index contributed by atoms with van der Waals surface area (Å²) in [7, 11) is 0. The molecule has 14 heavy (non-hydrogen) atoms. The van der Waals surface area contributed by atoms with Gasteiger partial charge in [-0.3, -0.25) is 14.5 Å². The van der Waals surface area contributed by atoms with Crippen LogP contribution in [0.3, 0.4) is 0 Å². The van der Waals surface area contributed by atoms with Crippen LogP contribution >= 0.6 is 0 Å². The van der Waals surface area contributed by atoms with Gasteiger partial charge < -0.3 is 5.11 Å². The van der Waals surface area contributed by atoms with Crippen LogP contribution in [0, 0.1) is 11.8 Å². The largest absolute Gasteiger partial charge is 0.395 e. The van der Waals surface area contributed by atoms with Gasteiger partial charge in [-0.25, -0.2) is 0 Å². The number of rotatable bonds is 2. The van der Waals surface area contributed by atoms with Gasteiger partial charge in [0.15, 0.2) is 0 Å². The van der Waals surface area contributed by atoms with Crippen LogP contribution in [0.4, 0.5) is 0 Å². The number of carbonyl (C=O) groups excluding carboxylic acids is 2. The Morgan fingerprint density at radius 3 is 2.14 bits per heavy atom. The van der Waals surface area contributed by atoms with Gasteiger partial charge in [-0.15, -0.1) is 0 Å². The highest BCUT2D eigenvalue weighted by molar-refractivity contribution is 6.05. The lowest BCUT2D eigenvalue weighted by molar-refractivity contribution is -0.140. The van der Waals surface area contributed by atoms with Crippen LogP contribution in [0.5, 0.6) is 0 Å². The molecule has 1 saturated heterocycles. The molecule has 0 saturated carbocycles. The van der Waals surface area contributed by atoms with E-state index >= 15 is 0 Å². The Morgan fingerprint density at radius 2 is 1.71 bits per heavy atom. The topological polar surface area (TPSA) is 57.6 Å². The summed E-state index contributed by atoms with van der Waals surface area (Å²) in [5.41, 5.74) is 0. The normalized spacial score (nSPS) is 31.1. The summed E-state index contributed by atoms with van der Waals surface area (Å²) in [6, 6.07) is 0. The zero-order valence-electron chi connectivity index (χ0n) is 7.85. The predicted octanol–water partition coefficient (Wildman–Crippen LogP) is -0.0701. The van der Waals surface area contributed by atoms with E-state index in [2.05, 4.69) is 0 Å². The van der Waals surface area contributed by atoms with Gasteiger partial charge in [-0.05, 0) is 12.8 Å². The van der Waals surface area contributed by atoms with Crippen LogP contribution in [0.1, 0.15) is 12.8 Å². The number of hydrogen-bond acceptors (Lipinski definition) is 3. The summed E-state index contributed by atoms with van der Waals surface area (Å²) in [5.74, 6) is -0.560. The minimum atomic E-state index is -0.168. The van der Waals surface area contributed by atoms with Crippen molar-refractivity contribution < 1.29 is 14.7 Å². The molecule has 2 atom stereocenters. The zero-order valence-corrected chi connectivity index (χ0v) is 7.85. The molecule has 0 aromatic rings. The molecular formula is C10H13NO3. The Balaban J connectivity index is 2.19. The van der Waals surface area contributed by atoms with Gasteiger partial charge in [0, 0.05) is 0 Å². The molecule has 0 spiro atoms. The molecule has 2 amide bonds. The average molecular weight is 195 g/mol. The molecule has 0 bridgehead atoms. The number of aliphatic hydroxyl groups excluding tert-OH is 1. The van der Waals surface area contributed by atoms with Crippen molar-refractivity contribution in [2.45, 2.75) is 12.8 Å². The number of fused-ring (bicyclic) bond motifs is 1. The molecule has 4 nitrogen and oxygen atoms in total. The average Bonchev–Trinajstić information content (AvgIpc) is 2.45. The van der Waals surface area contributed by atoms with Gasteiger partial charge in [-0.1, -0.05) is 12.2 Å². The first-order chi connectivity index (χ1) is 6.75. The van der Waals surface area contributed by atoms with Gasteiger partial charge in [0.05, 0.1) is 25.0 Å². The number of amides is 2. The van der Waals surface area contributed by atoms with Gasteiger partial charge >= 0.3 is 0 Å². The molecule has 0 radical (unpaired) electrons. The molecule has 4 heteroatoms. The smallest absolute Gasteiger partial charge is 0.233 e. The van der Waals surface area contributed by atoms with E-state index < -0.39 is 0 Å². The summed E-state index contributed by atoms with van der Waals surface area (Å²) >= 11 is 0. The van der Waals surface area contributed by atoms with Crippen LogP contribution in [0.15, 0.2) is 12.2 Å². The first-order valence-electron chi connectivity index (χ1n) is 4.86. The van der Waals surface area contributed by atoms with Crippen LogP contribution < -0.4 is 0 Å². The minimum absolute atomic E-state index is 0.113. The fourth-order valence-corrected chi connectivity index (χ4v) is 2.19. The zero-order chi connectivity index (χ0) is 10.1. The van der Waals surface area contributed by atoms with Crippen molar-refractivity contribution >= 4 is 11.8 Å². The summed E-state index contributed by atoms with van der Waals surface area (Å²) in [5, 5.41) is 8.73. The Labute approximate surface area is 82.2 Å². The van der Waals surface area contributed by atoms with E-state index in [0.717, 1.165) is 0 Å². The maximum absolute atomic E-state index is 11.7. The lowest BCUT2D eigenvalue weighted by atomic mass is 9.85. The summed E-state index contributed by atoms with van der Waals surface area (Å²) in [4.78, 5) is 24.6. The van der Waals surface area contributed by atoms with Crippen molar-refractivity contribution in [1.29, 1.82) is 0 Å². The van der Waals surface area contributed by atoms with E-state index in [1.807, 2.05) is 12.2 Å². The highest BCUT2D eigenvalue weighted by atomic mass is 16.3. The van der Waals surface area contributed by atoms with E-state index in [1.165, 1.54) is 4.90 Å². The molecule has 1 aliphatic carbocycles. The van der Waals surface area contributed by atoms with Crippen molar-refractivity contribution in [2.24, 2.45) is 11.8 Å². The van der Waals surface area contributed by atoms with Crippen LogP contribution in [-0.4, -0.2) is 35.0 Å². The molecule has 1 N–H and O–H groups in total. The Kier molecular flexibility index (Phi) is 2.37. The number of aliphatic hydroxyl groups is 1.